The van der Waals surface area contributed by atoms with Crippen molar-refractivity contribution in [1.29, 1.82) is 0 Å². The standard InChI is InChI=1S/C45H64N6O12/c1-12-33-45(8)39(62-43(55)63-45)27(4)35(50-57-19-15-16-30-23-48-42(46)49-24-30)25(2)22-44(7,56-11)38(61-41-36(53)32(51(9)10)20-26(3)58-41)28(5)37(29(6)40(54)59-33)60-34(52)21-31-17-13-14-18-47-31/h13-14,17-18,23-29,32-33,36-39,41,53H,12,19-22H2,1-11H3,(H2,46,48,49)/b50-35+/t25-,26-,27+,28+,29-,32+,33-,36-,37+,38-,39-,41+,44-,45-/m1/s1. The van der Waals surface area contributed by atoms with E-state index in [0.717, 1.165) is 0 Å². The summed E-state index contributed by atoms with van der Waals surface area (Å²) in [5, 5.41) is 16.4. The third kappa shape index (κ3) is 11.6. The van der Waals surface area contributed by atoms with Crippen molar-refractivity contribution in [2.75, 3.05) is 33.5 Å². The molecular formula is C45H64N6O12. The molecule has 3 aliphatic rings. The van der Waals surface area contributed by atoms with Crippen molar-refractivity contribution in [1.82, 2.24) is 19.9 Å². The molecule has 0 bridgehead atoms. The van der Waals surface area contributed by atoms with E-state index in [1.807, 2.05) is 46.7 Å². The number of hydrogen-bond donors (Lipinski definition) is 2. The minimum absolute atomic E-state index is 0.121. The van der Waals surface area contributed by atoms with Crippen molar-refractivity contribution in [2.45, 2.75) is 141 Å². The summed E-state index contributed by atoms with van der Waals surface area (Å²) in [4.78, 5) is 61.4. The van der Waals surface area contributed by atoms with E-state index in [4.69, 9.17) is 43.7 Å². The lowest BCUT2D eigenvalue weighted by atomic mass is 9.73. The number of methoxy groups -OCH3 is 1. The topological polar surface area (TPSA) is 226 Å². The summed E-state index contributed by atoms with van der Waals surface area (Å²) in [5.74, 6) is 1.50. The van der Waals surface area contributed by atoms with Crippen LogP contribution in [0.2, 0.25) is 0 Å². The molecule has 18 heteroatoms. The fourth-order valence-corrected chi connectivity index (χ4v) is 9.11. The molecular weight excluding hydrogens is 817 g/mol. The highest BCUT2D eigenvalue weighted by Gasteiger charge is 2.59. The first kappa shape index (κ1) is 49.1. The number of likely N-dealkylation sites (N-methyl/N-ethyl adjacent to an activating group) is 1. The number of aromatic nitrogens is 3. The number of nitrogen functional groups attached to an aromatic ring is 1. The summed E-state index contributed by atoms with van der Waals surface area (Å²) in [5.41, 5.74) is 4.30. The molecule has 3 fully saturated rings. The summed E-state index contributed by atoms with van der Waals surface area (Å²) < 4.78 is 44.0. The smallest absolute Gasteiger partial charge is 0.461 e. The van der Waals surface area contributed by atoms with Crippen LogP contribution < -0.4 is 5.73 Å². The second-order valence-electron chi connectivity index (χ2n) is 17.5. The highest BCUT2D eigenvalue weighted by atomic mass is 16.8. The third-order valence-electron chi connectivity index (χ3n) is 12.5. The zero-order chi connectivity index (χ0) is 46.2. The van der Waals surface area contributed by atoms with Crippen LogP contribution in [-0.4, -0.2) is 137 Å². The molecule has 346 valence electrons. The van der Waals surface area contributed by atoms with Crippen LogP contribution in [0.25, 0.3) is 0 Å². The van der Waals surface area contributed by atoms with Gasteiger partial charge in [0.25, 0.3) is 0 Å². The Hall–Kier alpha value is -4.93. The predicted octanol–water partition coefficient (Wildman–Crippen LogP) is 4.11. The van der Waals surface area contributed by atoms with Gasteiger partial charge in [-0.2, -0.15) is 0 Å². The Morgan fingerprint density at radius 2 is 1.78 bits per heavy atom. The van der Waals surface area contributed by atoms with E-state index >= 15 is 0 Å². The van der Waals surface area contributed by atoms with Crippen LogP contribution in [0.5, 0.6) is 0 Å². The molecule has 14 atom stereocenters. The number of anilines is 1. The number of ether oxygens (including phenoxy) is 7. The van der Waals surface area contributed by atoms with Crippen LogP contribution in [0.4, 0.5) is 10.7 Å². The first-order valence-corrected chi connectivity index (χ1v) is 21.5. The number of esters is 2. The molecule has 3 aliphatic heterocycles. The number of hydrogen-bond acceptors (Lipinski definition) is 18. The first-order valence-electron chi connectivity index (χ1n) is 21.5. The summed E-state index contributed by atoms with van der Waals surface area (Å²) in [6, 6.07) is 4.89. The van der Waals surface area contributed by atoms with Gasteiger partial charge in [0.1, 0.15) is 18.3 Å². The number of carbonyl (C=O) groups is 3. The van der Waals surface area contributed by atoms with E-state index in [9.17, 15) is 19.5 Å². The molecule has 0 saturated carbocycles. The van der Waals surface area contributed by atoms with Gasteiger partial charge in [-0.15, -0.1) is 0 Å². The van der Waals surface area contributed by atoms with Gasteiger partial charge in [0.05, 0.1) is 47.1 Å². The van der Waals surface area contributed by atoms with Crippen LogP contribution in [0.15, 0.2) is 41.9 Å². The Morgan fingerprint density at radius 3 is 2.41 bits per heavy atom. The summed E-state index contributed by atoms with van der Waals surface area (Å²) in [6.07, 6.45) is -2.34. The number of fused-ring (bicyclic) bond motifs is 1. The summed E-state index contributed by atoms with van der Waals surface area (Å²) in [6.45, 7) is 14.2. The molecule has 0 amide bonds. The number of aliphatic hydroxyl groups excluding tert-OH is 1. The van der Waals surface area contributed by atoms with E-state index in [1.54, 1.807) is 52.1 Å². The van der Waals surface area contributed by atoms with Crippen LogP contribution >= 0.6 is 0 Å². The lowest BCUT2D eigenvalue weighted by Crippen LogP contribution is -2.60. The van der Waals surface area contributed by atoms with Gasteiger partial charge in [0.2, 0.25) is 5.95 Å². The normalized spacial score (nSPS) is 35.9. The lowest BCUT2D eigenvalue weighted by molar-refractivity contribution is -0.301. The number of nitrogens with two attached hydrogens (primary N) is 1. The molecule has 0 aromatic carbocycles. The highest BCUT2D eigenvalue weighted by Crippen LogP contribution is 2.43. The molecule has 18 nitrogen and oxygen atoms in total. The van der Waals surface area contributed by atoms with Gasteiger partial charge in [-0.05, 0) is 73.2 Å². The molecule has 0 radical (unpaired) electrons. The SMILES string of the molecule is CC[C@H]1OC(=O)[C@H](C)[C@@H](OC(=O)Cc2ccccn2)[C@H](C)[C@@H](O[C@@H]2O[C@H](C)C[C@H](N(C)C)[C@H]2O)[C@](C)(OC)C[C@@H](C)/C(=N\OCC#Cc2cnc(N)nc2)[C@H](C)[C@H]2OC(=O)O[C@@]21C. The Kier molecular flexibility index (Phi) is 16.5. The Bertz CT molecular complexity index is 1960. The van der Waals surface area contributed by atoms with Gasteiger partial charge in [-0.1, -0.05) is 50.8 Å². The third-order valence-corrected chi connectivity index (χ3v) is 12.5. The molecule has 3 N–H and O–H groups in total. The molecule has 2 aromatic rings. The maximum absolute atomic E-state index is 14.5. The zero-order valence-corrected chi connectivity index (χ0v) is 38.2. The van der Waals surface area contributed by atoms with Gasteiger partial charge in [0.15, 0.2) is 24.6 Å². The first-order chi connectivity index (χ1) is 29.8. The van der Waals surface area contributed by atoms with Gasteiger partial charge in [-0.25, -0.2) is 14.8 Å². The van der Waals surface area contributed by atoms with Crippen molar-refractivity contribution in [3.63, 3.8) is 0 Å². The Labute approximate surface area is 369 Å². The van der Waals surface area contributed by atoms with Crippen molar-refractivity contribution < 1.29 is 57.5 Å². The Morgan fingerprint density at radius 1 is 1.06 bits per heavy atom. The number of carbonyl (C=O) groups excluding carboxylic acids is 3. The number of cyclic esters (lactones) is 1. The van der Waals surface area contributed by atoms with Crippen molar-refractivity contribution in [3.05, 3.63) is 48.0 Å². The van der Waals surface area contributed by atoms with Crippen molar-refractivity contribution >= 4 is 29.8 Å². The molecule has 2 aromatic heterocycles. The maximum Gasteiger partial charge on any atom is 0.509 e. The maximum atomic E-state index is 14.5. The van der Waals surface area contributed by atoms with Gasteiger partial charge < -0.3 is 53.7 Å². The fraction of sp³-hybridized carbons (Fsp3) is 0.667. The number of pyridine rings is 1. The average Bonchev–Trinajstić information content (AvgIpc) is 3.56. The van der Waals surface area contributed by atoms with E-state index in [0.29, 0.717) is 23.4 Å². The van der Waals surface area contributed by atoms with Crippen LogP contribution in [-0.2, 0) is 54.0 Å². The van der Waals surface area contributed by atoms with Crippen molar-refractivity contribution in [2.24, 2.45) is 28.8 Å². The molecule has 3 saturated heterocycles. The van der Waals surface area contributed by atoms with Crippen LogP contribution in [0.3, 0.4) is 0 Å². The molecule has 63 heavy (non-hydrogen) atoms. The Balaban J connectivity index is 1.62. The van der Waals surface area contributed by atoms with Crippen LogP contribution in [0, 0.1) is 35.5 Å². The number of oxime groups is 1. The molecule has 0 unspecified atom stereocenters. The monoisotopic (exact) mass is 880 g/mol. The lowest BCUT2D eigenvalue weighted by Gasteiger charge is -2.48. The zero-order valence-electron chi connectivity index (χ0n) is 38.2. The second-order valence-corrected chi connectivity index (χ2v) is 17.5. The highest BCUT2D eigenvalue weighted by molar-refractivity contribution is 5.89. The van der Waals surface area contributed by atoms with E-state index in [-0.39, 0.29) is 44.0 Å². The number of nitrogens with zero attached hydrogens (tertiary/aromatic N) is 5. The predicted molar refractivity (Wildman–Crippen MR) is 228 cm³/mol. The van der Waals surface area contributed by atoms with Gasteiger partial charge in [-0.3, -0.25) is 14.6 Å². The fourth-order valence-electron chi connectivity index (χ4n) is 9.11. The summed E-state index contributed by atoms with van der Waals surface area (Å²) >= 11 is 0. The number of aliphatic hydroxyl groups is 1. The van der Waals surface area contributed by atoms with E-state index < -0.39 is 89.8 Å². The van der Waals surface area contributed by atoms with Gasteiger partial charge >= 0.3 is 18.1 Å². The van der Waals surface area contributed by atoms with E-state index in [1.165, 1.54) is 19.5 Å². The minimum Gasteiger partial charge on any atom is -0.461 e. The molecule has 0 aliphatic carbocycles. The molecule has 5 rings (SSSR count). The average molecular weight is 881 g/mol. The minimum atomic E-state index is -1.48. The summed E-state index contributed by atoms with van der Waals surface area (Å²) in [7, 11) is 5.29. The second kappa shape index (κ2) is 21.2. The molecule has 5 heterocycles. The van der Waals surface area contributed by atoms with Gasteiger partial charge in [0, 0.05) is 49.5 Å². The van der Waals surface area contributed by atoms with E-state index in [2.05, 4.69) is 31.9 Å². The number of rotatable bonds is 10. The van der Waals surface area contributed by atoms with Crippen LogP contribution in [0.1, 0.15) is 85.9 Å². The molecule has 0 spiro atoms. The largest absolute Gasteiger partial charge is 0.509 e. The quantitative estimate of drug-likeness (QED) is 0.113. The van der Waals surface area contributed by atoms with Crippen molar-refractivity contribution in [3.8, 4) is 11.8 Å².